The topological polar surface area (TPSA) is 130 Å². The number of ketones is 1. The van der Waals surface area contributed by atoms with Crippen LogP contribution in [0.25, 0.3) is 0 Å². The number of rotatable bonds is 18. The van der Waals surface area contributed by atoms with E-state index in [2.05, 4.69) is 47.6 Å². The molecular weight excluding hydrogens is 552 g/mol. The first-order valence-electron chi connectivity index (χ1n) is 18.1. The number of hydrogen-bond donors (Lipinski definition) is 6. The van der Waals surface area contributed by atoms with Gasteiger partial charge in [-0.3, -0.25) is 20.4 Å². The Kier molecular flexibility index (Phi) is 13.5. The molecule has 4 saturated carbocycles. The minimum absolute atomic E-state index is 0.0484. The van der Waals surface area contributed by atoms with E-state index in [1.165, 1.54) is 38.5 Å². The third-order valence-electron chi connectivity index (χ3n) is 12.4. The monoisotopic (exact) mass is 619 g/mol. The molecule has 4 unspecified atom stereocenters. The van der Waals surface area contributed by atoms with Crippen molar-refractivity contribution in [2.45, 2.75) is 111 Å². The molecule has 0 aromatic carbocycles. The number of hydrogen-bond acceptors (Lipinski definition) is 9. The van der Waals surface area contributed by atoms with Gasteiger partial charge in [-0.2, -0.15) is 0 Å². The molecule has 0 heterocycles. The Morgan fingerprint density at radius 1 is 0.886 bits per heavy atom. The van der Waals surface area contributed by atoms with Crippen molar-refractivity contribution in [3.63, 3.8) is 0 Å². The molecule has 7 N–H and O–H groups in total. The molecule has 9 nitrogen and oxygen atoms in total. The van der Waals surface area contributed by atoms with Gasteiger partial charge in [0, 0.05) is 77.2 Å². The Morgan fingerprint density at radius 3 is 2.25 bits per heavy atom. The van der Waals surface area contributed by atoms with Crippen molar-refractivity contribution >= 4 is 11.8 Å². The fourth-order valence-corrected chi connectivity index (χ4v) is 10.2. The van der Waals surface area contributed by atoms with E-state index in [0.717, 1.165) is 65.1 Å². The van der Waals surface area contributed by atoms with Crippen LogP contribution in [0, 0.1) is 46.3 Å². The molecule has 0 spiro atoms. The zero-order valence-corrected chi connectivity index (χ0v) is 28.6. The molecule has 4 aliphatic rings. The van der Waals surface area contributed by atoms with Crippen molar-refractivity contribution in [1.29, 1.82) is 0 Å². The Labute approximate surface area is 268 Å². The largest absolute Gasteiger partial charge is 0.463 e. The van der Waals surface area contributed by atoms with Crippen LogP contribution in [0.15, 0.2) is 0 Å². The second-order valence-corrected chi connectivity index (χ2v) is 15.5. The molecule has 0 saturated heterocycles. The number of nitrogens with two attached hydrogens (primary N) is 1. The quantitative estimate of drug-likeness (QED) is 0.0778. The highest BCUT2D eigenvalue weighted by Crippen LogP contribution is 2.67. The zero-order chi connectivity index (χ0) is 31.7. The number of ether oxygens (including phenoxy) is 1. The number of fused-ring (bicyclic) bond motifs is 5. The van der Waals surface area contributed by atoms with Crippen LogP contribution in [-0.4, -0.2) is 76.3 Å². The van der Waals surface area contributed by atoms with Gasteiger partial charge in [0.25, 0.3) is 0 Å². The molecule has 44 heavy (non-hydrogen) atoms. The lowest BCUT2D eigenvalue weighted by molar-refractivity contribution is -0.157. The van der Waals surface area contributed by atoms with E-state index in [9.17, 15) is 9.59 Å². The molecule has 4 fully saturated rings. The third kappa shape index (κ3) is 8.62. The van der Waals surface area contributed by atoms with E-state index in [4.69, 9.17) is 10.5 Å². The van der Waals surface area contributed by atoms with Gasteiger partial charge in [-0.05, 0) is 106 Å². The summed E-state index contributed by atoms with van der Waals surface area (Å²) in [4.78, 5) is 26.2. The van der Waals surface area contributed by atoms with Crippen molar-refractivity contribution in [1.82, 2.24) is 26.8 Å². The second kappa shape index (κ2) is 16.6. The van der Waals surface area contributed by atoms with Crippen LogP contribution >= 0.6 is 0 Å². The highest BCUT2D eigenvalue weighted by atomic mass is 16.5. The lowest BCUT2D eigenvalue weighted by Gasteiger charge is -2.60. The van der Waals surface area contributed by atoms with Gasteiger partial charge in [-0.15, -0.1) is 0 Å². The van der Waals surface area contributed by atoms with Crippen LogP contribution in [0.5, 0.6) is 0 Å². The highest BCUT2D eigenvalue weighted by molar-refractivity contribution is 5.83. The van der Waals surface area contributed by atoms with Gasteiger partial charge >= 0.3 is 5.97 Å². The minimum Gasteiger partial charge on any atom is -0.463 e. The van der Waals surface area contributed by atoms with Crippen LogP contribution in [0.1, 0.15) is 98.8 Å². The Balaban J connectivity index is 1.20. The van der Waals surface area contributed by atoms with Gasteiger partial charge < -0.3 is 26.4 Å². The maximum Gasteiger partial charge on any atom is 0.306 e. The fraction of sp³-hybridized carbons (Fsp3) is 0.943. The maximum atomic E-state index is 14.0. The Hall–Kier alpha value is -1.10. The van der Waals surface area contributed by atoms with Crippen LogP contribution < -0.4 is 32.5 Å². The predicted octanol–water partition coefficient (Wildman–Crippen LogP) is 3.38. The minimum atomic E-state index is -0.0677. The molecule has 254 valence electrons. The smallest absolute Gasteiger partial charge is 0.306 e. The predicted molar refractivity (Wildman–Crippen MR) is 178 cm³/mol. The Bertz CT molecular complexity index is 919. The molecular formula is C35H66N6O3. The molecule has 0 bridgehead atoms. The van der Waals surface area contributed by atoms with E-state index in [-0.39, 0.29) is 23.4 Å². The number of hydrazine groups is 1. The van der Waals surface area contributed by atoms with Crippen molar-refractivity contribution in [3.05, 3.63) is 0 Å². The van der Waals surface area contributed by atoms with Gasteiger partial charge in [0.2, 0.25) is 0 Å². The van der Waals surface area contributed by atoms with E-state index in [0.29, 0.717) is 59.8 Å². The van der Waals surface area contributed by atoms with Crippen LogP contribution in [0.2, 0.25) is 0 Å². The molecule has 4 rings (SSSR count). The molecule has 0 amide bonds. The molecule has 4 aliphatic carbocycles. The lowest BCUT2D eigenvalue weighted by Crippen LogP contribution is -2.58. The maximum absolute atomic E-state index is 14.0. The van der Waals surface area contributed by atoms with Crippen molar-refractivity contribution < 1.29 is 14.3 Å². The van der Waals surface area contributed by atoms with Crippen LogP contribution in [0.4, 0.5) is 0 Å². The molecule has 9 heteroatoms. The summed E-state index contributed by atoms with van der Waals surface area (Å²) in [6.07, 6.45) is 10.6. The van der Waals surface area contributed by atoms with Gasteiger partial charge in [0.1, 0.15) is 5.78 Å². The van der Waals surface area contributed by atoms with Gasteiger partial charge in [-0.25, -0.2) is 0 Å². The van der Waals surface area contributed by atoms with Crippen molar-refractivity contribution in [3.8, 4) is 0 Å². The van der Waals surface area contributed by atoms with E-state index >= 15 is 0 Å². The Morgan fingerprint density at radius 2 is 1.55 bits per heavy atom. The highest BCUT2D eigenvalue weighted by Gasteiger charge is 2.63. The van der Waals surface area contributed by atoms with Gasteiger partial charge in [-0.1, -0.05) is 20.8 Å². The molecule has 0 aromatic heterocycles. The number of esters is 1. The number of carbonyl (C=O) groups excluding carboxylic acids is 2. The molecule has 0 aliphatic heterocycles. The van der Waals surface area contributed by atoms with E-state index < -0.39 is 0 Å². The third-order valence-corrected chi connectivity index (χ3v) is 12.4. The SMILES string of the molecule is CC(C)OC(=O)CC[C@@H](C)[C@H]1CCC2C3C(=O)CC4C[C@@H](NCCNCCNNCCNCCN)CC[C@]4(C)C3CC[C@@]21C. The first-order valence-corrected chi connectivity index (χ1v) is 18.1. The van der Waals surface area contributed by atoms with Crippen LogP contribution in [0.3, 0.4) is 0 Å². The fourth-order valence-electron chi connectivity index (χ4n) is 10.2. The summed E-state index contributed by atoms with van der Waals surface area (Å²) in [6.45, 7) is 18.3. The zero-order valence-electron chi connectivity index (χ0n) is 28.6. The van der Waals surface area contributed by atoms with Crippen molar-refractivity contribution in [2.24, 2.45) is 52.1 Å². The van der Waals surface area contributed by atoms with Crippen LogP contribution in [-0.2, 0) is 14.3 Å². The number of carbonyl (C=O) groups is 2. The summed E-state index contributed by atoms with van der Waals surface area (Å²) < 4.78 is 5.41. The molecule has 0 radical (unpaired) electrons. The van der Waals surface area contributed by atoms with Gasteiger partial charge in [0.15, 0.2) is 0 Å². The first-order chi connectivity index (χ1) is 21.1. The normalized spacial score (nSPS) is 35.7. The summed E-state index contributed by atoms with van der Waals surface area (Å²) in [5.41, 5.74) is 12.5. The summed E-state index contributed by atoms with van der Waals surface area (Å²) >= 11 is 0. The standard InChI is InChI=1S/C35H66N6O3/c1-24(2)44-32(43)9-6-25(3)28-7-8-29-33-30(11-13-35(28,29)5)34(4)12-10-27(22-26(34)23-31(33)42)39-19-16-38-18-21-41-40-20-17-37-15-14-36/h24-30,33,37-41H,6-23,36H2,1-5H3/t25-,26?,27+,28-,29?,30?,33?,34+,35-/m1/s1. The average Bonchev–Trinajstić information content (AvgIpc) is 3.34. The van der Waals surface area contributed by atoms with E-state index in [1.807, 2.05) is 13.8 Å². The summed E-state index contributed by atoms with van der Waals surface area (Å²) in [5, 5.41) is 10.6. The van der Waals surface area contributed by atoms with E-state index in [1.54, 1.807) is 0 Å². The average molecular weight is 619 g/mol. The second-order valence-electron chi connectivity index (χ2n) is 15.5. The first kappa shape index (κ1) is 35.7. The van der Waals surface area contributed by atoms with Crippen molar-refractivity contribution in [2.75, 3.05) is 52.4 Å². The summed E-state index contributed by atoms with van der Waals surface area (Å²) in [7, 11) is 0. The van der Waals surface area contributed by atoms with Gasteiger partial charge in [0.05, 0.1) is 6.10 Å². The molecule has 9 atom stereocenters. The number of nitrogens with one attached hydrogen (secondary N) is 5. The number of Topliss-reactive ketones (excluding diaryl/α,β-unsaturated/α-hetero) is 1. The summed E-state index contributed by atoms with van der Waals surface area (Å²) in [6, 6.07) is 0.521. The lowest BCUT2D eigenvalue weighted by atomic mass is 9.44. The molecule has 0 aromatic rings. The summed E-state index contributed by atoms with van der Waals surface area (Å²) in [5.74, 6) is 3.41.